The minimum Gasteiger partial charge on any atom is -0.485 e. The number of anilines is 2. The summed E-state index contributed by atoms with van der Waals surface area (Å²) in [6.45, 7) is 3.39. The van der Waals surface area contributed by atoms with Crippen molar-refractivity contribution in [3.63, 3.8) is 0 Å². The molecule has 1 aromatic heterocycles. The topological polar surface area (TPSA) is 65.5 Å². The summed E-state index contributed by atoms with van der Waals surface area (Å²) in [5.74, 6) is 1.55. The number of nitrogens with zero attached hydrogens (tertiary/aromatic N) is 2. The van der Waals surface area contributed by atoms with Gasteiger partial charge >= 0.3 is 0 Å². The van der Waals surface area contributed by atoms with E-state index in [-0.39, 0.29) is 12.4 Å². The maximum atomic E-state index is 5.93. The molecule has 3 aromatic rings. The molecule has 1 saturated heterocycles. The van der Waals surface area contributed by atoms with Gasteiger partial charge in [0.1, 0.15) is 24.0 Å². The fourth-order valence-corrected chi connectivity index (χ4v) is 2.91. The van der Waals surface area contributed by atoms with Crippen molar-refractivity contribution < 1.29 is 14.2 Å². The van der Waals surface area contributed by atoms with E-state index in [1.165, 1.54) is 0 Å². The van der Waals surface area contributed by atoms with Crippen molar-refractivity contribution in [1.82, 2.24) is 9.97 Å². The highest BCUT2D eigenvalue weighted by molar-refractivity contribution is 5.90. The molecule has 2 aromatic carbocycles. The van der Waals surface area contributed by atoms with E-state index in [9.17, 15) is 0 Å². The van der Waals surface area contributed by atoms with E-state index in [1.807, 2.05) is 55.5 Å². The molecule has 0 saturated carbocycles. The van der Waals surface area contributed by atoms with Gasteiger partial charge in [0.05, 0.1) is 18.7 Å². The van der Waals surface area contributed by atoms with Crippen LogP contribution in [0.2, 0.25) is 0 Å². The van der Waals surface area contributed by atoms with Gasteiger partial charge in [-0.2, -0.15) is 0 Å². The van der Waals surface area contributed by atoms with Crippen LogP contribution in [0.4, 0.5) is 11.5 Å². The van der Waals surface area contributed by atoms with Crippen LogP contribution in [0, 0.1) is 0 Å². The Morgan fingerprint density at radius 3 is 2.62 bits per heavy atom. The Balaban J connectivity index is 1.44. The lowest BCUT2D eigenvalue weighted by Gasteiger charge is -2.28. The van der Waals surface area contributed by atoms with Gasteiger partial charge in [-0.1, -0.05) is 12.1 Å². The summed E-state index contributed by atoms with van der Waals surface area (Å²) < 4.78 is 17.1. The number of nitrogens with one attached hydrogen (secondary N) is 1. The molecule has 1 N–H and O–H groups in total. The Morgan fingerprint density at radius 2 is 1.81 bits per heavy atom. The lowest BCUT2D eigenvalue weighted by molar-refractivity contribution is -0.213. The van der Waals surface area contributed by atoms with Crippen molar-refractivity contribution in [2.75, 3.05) is 18.5 Å². The first-order valence-corrected chi connectivity index (χ1v) is 8.76. The van der Waals surface area contributed by atoms with Crippen LogP contribution in [0.3, 0.4) is 0 Å². The second-order valence-electron chi connectivity index (χ2n) is 6.18. The molecule has 0 bridgehead atoms. The first kappa shape index (κ1) is 16.8. The number of fused-ring (bicyclic) bond motifs is 1. The number of hydrogen-bond donors (Lipinski definition) is 1. The van der Waals surface area contributed by atoms with E-state index in [2.05, 4.69) is 15.3 Å². The summed E-state index contributed by atoms with van der Waals surface area (Å²) >= 11 is 0. The molecule has 6 heteroatoms. The normalized spacial score (nSPS) is 16.3. The van der Waals surface area contributed by atoms with Gasteiger partial charge in [-0.05, 0) is 49.7 Å². The molecule has 0 aliphatic carbocycles. The second kappa shape index (κ2) is 7.68. The lowest BCUT2D eigenvalue weighted by Crippen LogP contribution is -2.37. The van der Waals surface area contributed by atoms with Crippen LogP contribution < -0.4 is 10.1 Å². The van der Waals surface area contributed by atoms with Crippen molar-refractivity contribution in [3.8, 4) is 5.75 Å². The molecule has 0 spiro atoms. The zero-order valence-corrected chi connectivity index (χ0v) is 14.6. The Bertz CT molecular complexity index is 858. The van der Waals surface area contributed by atoms with Crippen molar-refractivity contribution in [1.29, 1.82) is 0 Å². The van der Waals surface area contributed by atoms with Crippen molar-refractivity contribution >= 4 is 22.4 Å². The Labute approximate surface area is 152 Å². The minimum atomic E-state index is -0.311. The van der Waals surface area contributed by atoms with Crippen LogP contribution in [0.25, 0.3) is 10.9 Å². The number of rotatable bonds is 5. The van der Waals surface area contributed by atoms with Crippen LogP contribution in [0.5, 0.6) is 5.75 Å². The Hall–Kier alpha value is -2.70. The highest BCUT2D eigenvalue weighted by Gasteiger charge is 2.23. The highest BCUT2D eigenvalue weighted by Crippen LogP contribution is 2.25. The quantitative estimate of drug-likeness (QED) is 0.752. The van der Waals surface area contributed by atoms with Crippen LogP contribution in [-0.4, -0.2) is 35.6 Å². The van der Waals surface area contributed by atoms with E-state index >= 15 is 0 Å². The Kier molecular flexibility index (Phi) is 4.95. The van der Waals surface area contributed by atoms with Gasteiger partial charge in [-0.15, -0.1) is 0 Å². The number of aromatic nitrogens is 2. The maximum Gasteiger partial charge on any atom is 0.194 e. The monoisotopic (exact) mass is 351 g/mol. The largest absolute Gasteiger partial charge is 0.485 e. The van der Waals surface area contributed by atoms with E-state index < -0.39 is 0 Å². The van der Waals surface area contributed by atoms with Crippen molar-refractivity contribution in [3.05, 3.63) is 54.9 Å². The smallest absolute Gasteiger partial charge is 0.194 e. The van der Waals surface area contributed by atoms with Crippen LogP contribution >= 0.6 is 0 Å². The van der Waals surface area contributed by atoms with E-state index in [0.29, 0.717) is 13.2 Å². The highest BCUT2D eigenvalue weighted by atomic mass is 16.7. The van der Waals surface area contributed by atoms with Gasteiger partial charge in [0.15, 0.2) is 6.29 Å². The van der Waals surface area contributed by atoms with Gasteiger partial charge in [-0.3, -0.25) is 0 Å². The summed E-state index contributed by atoms with van der Waals surface area (Å²) in [7, 11) is 0. The molecule has 2 heterocycles. The van der Waals surface area contributed by atoms with Crippen LogP contribution in [-0.2, 0) is 9.47 Å². The third kappa shape index (κ3) is 3.76. The molecule has 6 nitrogen and oxygen atoms in total. The van der Waals surface area contributed by atoms with E-state index in [4.69, 9.17) is 14.2 Å². The molecule has 0 radical (unpaired) electrons. The molecule has 1 fully saturated rings. The second-order valence-corrected chi connectivity index (χ2v) is 6.18. The first-order chi connectivity index (χ1) is 12.8. The average molecular weight is 351 g/mol. The van der Waals surface area contributed by atoms with Gasteiger partial charge in [0.2, 0.25) is 0 Å². The predicted octanol–water partition coefficient (Wildman–Crippen LogP) is 3.90. The average Bonchev–Trinajstić information content (AvgIpc) is 2.70. The SMILES string of the molecule is CC(Oc1ccc(Nc2ncnc3ccccc23)cc1)C1OCCCO1. The molecular weight excluding hydrogens is 330 g/mol. The zero-order chi connectivity index (χ0) is 17.8. The fourth-order valence-electron chi connectivity index (χ4n) is 2.91. The number of para-hydroxylation sites is 1. The zero-order valence-electron chi connectivity index (χ0n) is 14.6. The molecule has 26 heavy (non-hydrogen) atoms. The molecule has 1 aliphatic heterocycles. The Morgan fingerprint density at radius 1 is 1.04 bits per heavy atom. The number of ether oxygens (including phenoxy) is 3. The van der Waals surface area contributed by atoms with Gasteiger partial charge < -0.3 is 19.5 Å². The summed E-state index contributed by atoms with van der Waals surface area (Å²) in [4.78, 5) is 8.63. The summed E-state index contributed by atoms with van der Waals surface area (Å²) in [5, 5.41) is 4.32. The summed E-state index contributed by atoms with van der Waals surface area (Å²) in [6, 6.07) is 15.7. The van der Waals surface area contributed by atoms with E-state index in [1.54, 1.807) is 6.33 Å². The molecule has 1 atom stereocenters. The first-order valence-electron chi connectivity index (χ1n) is 8.76. The van der Waals surface area contributed by atoms with Gasteiger partial charge in [0.25, 0.3) is 0 Å². The van der Waals surface area contributed by atoms with Crippen molar-refractivity contribution in [2.45, 2.75) is 25.7 Å². The van der Waals surface area contributed by atoms with Crippen LogP contribution in [0.1, 0.15) is 13.3 Å². The molecule has 1 unspecified atom stereocenters. The third-order valence-corrected chi connectivity index (χ3v) is 4.22. The van der Waals surface area contributed by atoms with Gasteiger partial charge in [0, 0.05) is 11.1 Å². The molecule has 4 rings (SSSR count). The fraction of sp³-hybridized carbons (Fsp3) is 0.300. The van der Waals surface area contributed by atoms with E-state index in [0.717, 1.165) is 34.6 Å². The number of benzene rings is 2. The van der Waals surface area contributed by atoms with Gasteiger partial charge in [-0.25, -0.2) is 9.97 Å². The van der Waals surface area contributed by atoms with Crippen molar-refractivity contribution in [2.24, 2.45) is 0 Å². The molecule has 1 aliphatic rings. The lowest BCUT2D eigenvalue weighted by atomic mass is 10.2. The molecular formula is C20H21N3O3. The molecule has 134 valence electrons. The maximum absolute atomic E-state index is 5.93. The number of hydrogen-bond acceptors (Lipinski definition) is 6. The summed E-state index contributed by atoms with van der Waals surface area (Å²) in [6.07, 6.45) is 2.02. The standard InChI is InChI=1S/C20H21N3O3/c1-14(20-24-11-4-12-25-20)26-16-9-7-15(8-10-16)23-19-17-5-2-3-6-18(17)21-13-22-19/h2-3,5-10,13-14,20H,4,11-12H2,1H3,(H,21,22,23). The minimum absolute atomic E-state index is 0.167. The van der Waals surface area contributed by atoms with Crippen LogP contribution in [0.15, 0.2) is 54.9 Å². The predicted molar refractivity (Wildman–Crippen MR) is 99.7 cm³/mol. The summed E-state index contributed by atoms with van der Waals surface area (Å²) in [5.41, 5.74) is 1.84. The third-order valence-electron chi connectivity index (χ3n) is 4.22. The molecule has 0 amide bonds.